The van der Waals surface area contributed by atoms with Crippen LogP contribution in [0.2, 0.25) is 5.15 Å². The average molecular weight is 350 g/mol. The van der Waals surface area contributed by atoms with Crippen molar-refractivity contribution in [2.24, 2.45) is 0 Å². The Hall–Kier alpha value is -2.61. The summed E-state index contributed by atoms with van der Waals surface area (Å²) in [7, 11) is 0. The highest BCUT2D eigenvalue weighted by atomic mass is 35.5. The van der Waals surface area contributed by atoms with Gasteiger partial charge in [0.1, 0.15) is 23.4 Å². The molecule has 1 saturated heterocycles. The molecule has 126 valence electrons. The molecule has 0 saturated carbocycles. The zero-order valence-electron chi connectivity index (χ0n) is 12.7. The van der Waals surface area contributed by atoms with Crippen LogP contribution < -0.4 is 10.1 Å². The molecule has 0 radical (unpaired) electrons. The van der Waals surface area contributed by atoms with Crippen LogP contribution in [-0.2, 0) is 0 Å². The number of hydrogen-bond acceptors (Lipinski definition) is 6. The quantitative estimate of drug-likeness (QED) is 0.818. The van der Waals surface area contributed by atoms with Gasteiger partial charge in [0.2, 0.25) is 5.88 Å². The van der Waals surface area contributed by atoms with Gasteiger partial charge in [-0.3, -0.25) is 0 Å². The van der Waals surface area contributed by atoms with Crippen molar-refractivity contribution in [2.45, 2.75) is 18.9 Å². The molecule has 24 heavy (non-hydrogen) atoms. The highest BCUT2D eigenvalue weighted by molar-refractivity contribution is 6.29. The number of nitrogens with one attached hydrogen (secondary N) is 1. The molecule has 9 heteroatoms. The van der Waals surface area contributed by atoms with Gasteiger partial charge in [-0.15, -0.1) is 0 Å². The van der Waals surface area contributed by atoms with E-state index in [4.69, 9.17) is 21.4 Å². The lowest BCUT2D eigenvalue weighted by Gasteiger charge is -2.29. The van der Waals surface area contributed by atoms with E-state index in [1.165, 1.54) is 11.2 Å². The third kappa shape index (κ3) is 4.23. The minimum Gasteiger partial charge on any atom is -0.474 e. The van der Waals surface area contributed by atoms with Crippen molar-refractivity contribution >= 4 is 29.2 Å². The number of likely N-dealkylation sites (tertiary alicyclic amines) is 1. The van der Waals surface area contributed by atoms with Crippen LogP contribution in [0.5, 0.6) is 5.88 Å². The van der Waals surface area contributed by atoms with Gasteiger partial charge in [-0.1, -0.05) is 11.6 Å². The molecule has 0 aliphatic carbocycles. The Labute approximate surface area is 143 Å². The van der Waals surface area contributed by atoms with Gasteiger partial charge < -0.3 is 20.1 Å². The zero-order chi connectivity index (χ0) is 16.9. The second kappa shape index (κ2) is 7.31. The minimum absolute atomic E-state index is 0.0550. The molecule has 1 aliphatic heterocycles. The molecule has 0 atom stereocenters. The molecule has 2 aromatic heterocycles. The van der Waals surface area contributed by atoms with E-state index in [1.54, 1.807) is 24.4 Å². The normalized spacial score (nSPS) is 15.1. The van der Waals surface area contributed by atoms with Crippen molar-refractivity contribution in [3.8, 4) is 5.88 Å². The van der Waals surface area contributed by atoms with Crippen molar-refractivity contribution in [2.75, 3.05) is 18.4 Å². The molecule has 3 rings (SSSR count). The van der Waals surface area contributed by atoms with E-state index >= 15 is 0 Å². The Morgan fingerprint density at radius 2 is 2.08 bits per heavy atom. The van der Waals surface area contributed by atoms with Crippen LogP contribution in [0, 0.1) is 0 Å². The van der Waals surface area contributed by atoms with Gasteiger partial charge in [0, 0.05) is 32.0 Å². The van der Waals surface area contributed by atoms with Crippen LogP contribution in [-0.4, -0.2) is 50.2 Å². The summed E-state index contributed by atoms with van der Waals surface area (Å²) < 4.78 is 5.83. The molecule has 0 unspecified atom stereocenters. The molecule has 0 bridgehead atoms. The highest BCUT2D eigenvalue weighted by Gasteiger charge is 2.23. The third-order valence-corrected chi connectivity index (χ3v) is 3.87. The summed E-state index contributed by atoms with van der Waals surface area (Å²) in [5.41, 5.74) is 0.749. The molecule has 2 N–H and O–H groups in total. The first kappa shape index (κ1) is 16.3. The molecule has 1 amide bonds. The third-order valence-electron chi connectivity index (χ3n) is 3.64. The summed E-state index contributed by atoms with van der Waals surface area (Å²) in [5.74, 6) is 1.02. The van der Waals surface area contributed by atoms with E-state index in [9.17, 15) is 4.79 Å². The van der Waals surface area contributed by atoms with E-state index < -0.39 is 6.09 Å². The average Bonchev–Trinajstić information content (AvgIpc) is 2.58. The molecular weight excluding hydrogens is 334 g/mol. The zero-order valence-corrected chi connectivity index (χ0v) is 13.5. The number of halogens is 1. The van der Waals surface area contributed by atoms with Gasteiger partial charge in [-0.05, 0) is 12.1 Å². The van der Waals surface area contributed by atoms with E-state index in [0.717, 1.165) is 5.69 Å². The maximum atomic E-state index is 10.9. The lowest BCUT2D eigenvalue weighted by molar-refractivity contribution is 0.0870. The molecule has 1 fully saturated rings. The van der Waals surface area contributed by atoms with Crippen molar-refractivity contribution in [1.82, 2.24) is 19.9 Å². The van der Waals surface area contributed by atoms with Gasteiger partial charge in [-0.25, -0.2) is 19.7 Å². The Morgan fingerprint density at radius 3 is 2.75 bits per heavy atom. The molecule has 8 nitrogen and oxygen atoms in total. The topological polar surface area (TPSA) is 100 Å². The fourth-order valence-electron chi connectivity index (χ4n) is 2.41. The standard InChI is InChI=1S/C15H16ClN5O3/c16-12-2-1-10(8-17-12)20-13-7-14(19-9-18-13)24-11-3-5-21(6-4-11)15(22)23/h1-2,7-9,11H,3-6H2,(H,22,23)(H,18,19,20). The van der Waals surface area contributed by atoms with Gasteiger partial charge in [0.05, 0.1) is 11.9 Å². The molecule has 0 aromatic carbocycles. The first-order valence-electron chi connectivity index (χ1n) is 7.45. The molecular formula is C15H16ClN5O3. The Kier molecular flexibility index (Phi) is 4.95. The molecule has 0 spiro atoms. The second-order valence-corrected chi connectivity index (χ2v) is 5.71. The molecule has 2 aromatic rings. The van der Waals surface area contributed by atoms with Crippen molar-refractivity contribution in [3.63, 3.8) is 0 Å². The number of amides is 1. The Morgan fingerprint density at radius 1 is 1.29 bits per heavy atom. The summed E-state index contributed by atoms with van der Waals surface area (Å²) in [4.78, 5) is 24.5. The summed E-state index contributed by atoms with van der Waals surface area (Å²) in [6.45, 7) is 0.930. The number of hydrogen-bond donors (Lipinski definition) is 2. The predicted octanol–water partition coefficient (Wildman–Crippen LogP) is 2.79. The Balaban J connectivity index is 1.59. The monoisotopic (exact) mass is 349 g/mol. The second-order valence-electron chi connectivity index (χ2n) is 5.32. The van der Waals surface area contributed by atoms with Crippen LogP contribution in [0.1, 0.15) is 12.8 Å². The Bertz CT molecular complexity index is 705. The van der Waals surface area contributed by atoms with Gasteiger partial charge in [0.15, 0.2) is 0 Å². The number of carboxylic acid groups (broad SMARTS) is 1. The molecule has 1 aliphatic rings. The van der Waals surface area contributed by atoms with E-state index in [-0.39, 0.29) is 6.10 Å². The van der Waals surface area contributed by atoms with Gasteiger partial charge in [-0.2, -0.15) is 0 Å². The van der Waals surface area contributed by atoms with Crippen molar-refractivity contribution < 1.29 is 14.6 Å². The smallest absolute Gasteiger partial charge is 0.407 e. The number of aromatic nitrogens is 3. The molecule has 3 heterocycles. The number of anilines is 2. The first-order chi connectivity index (χ1) is 11.6. The fourth-order valence-corrected chi connectivity index (χ4v) is 2.52. The van der Waals surface area contributed by atoms with Crippen LogP contribution in [0.25, 0.3) is 0 Å². The summed E-state index contributed by atoms with van der Waals surface area (Å²) in [6, 6.07) is 5.16. The van der Waals surface area contributed by atoms with Crippen LogP contribution >= 0.6 is 11.6 Å². The number of nitrogens with zero attached hydrogens (tertiary/aromatic N) is 4. The highest BCUT2D eigenvalue weighted by Crippen LogP contribution is 2.21. The SMILES string of the molecule is O=C(O)N1CCC(Oc2cc(Nc3ccc(Cl)nc3)ncn2)CC1. The van der Waals surface area contributed by atoms with E-state index in [1.807, 2.05) is 0 Å². The van der Waals surface area contributed by atoms with Crippen LogP contribution in [0.15, 0.2) is 30.7 Å². The number of ether oxygens (including phenoxy) is 1. The lowest BCUT2D eigenvalue weighted by atomic mass is 10.1. The number of piperidine rings is 1. The van der Waals surface area contributed by atoms with Crippen LogP contribution in [0.4, 0.5) is 16.3 Å². The maximum absolute atomic E-state index is 10.9. The van der Waals surface area contributed by atoms with Gasteiger partial charge >= 0.3 is 6.09 Å². The number of rotatable bonds is 4. The van der Waals surface area contributed by atoms with Crippen molar-refractivity contribution in [3.05, 3.63) is 35.9 Å². The largest absolute Gasteiger partial charge is 0.474 e. The fraction of sp³-hybridized carbons (Fsp3) is 0.333. The maximum Gasteiger partial charge on any atom is 0.407 e. The van der Waals surface area contributed by atoms with E-state index in [0.29, 0.717) is 42.8 Å². The predicted molar refractivity (Wildman–Crippen MR) is 87.8 cm³/mol. The number of pyridine rings is 1. The summed E-state index contributed by atoms with van der Waals surface area (Å²) in [6.07, 6.45) is 3.35. The summed E-state index contributed by atoms with van der Waals surface area (Å²) in [5, 5.41) is 12.5. The van der Waals surface area contributed by atoms with Gasteiger partial charge in [0.25, 0.3) is 0 Å². The van der Waals surface area contributed by atoms with E-state index in [2.05, 4.69) is 20.3 Å². The van der Waals surface area contributed by atoms with Crippen LogP contribution in [0.3, 0.4) is 0 Å². The number of carbonyl (C=O) groups is 1. The lowest BCUT2D eigenvalue weighted by Crippen LogP contribution is -2.41. The first-order valence-corrected chi connectivity index (χ1v) is 7.83. The minimum atomic E-state index is -0.890. The van der Waals surface area contributed by atoms with Crippen molar-refractivity contribution in [1.29, 1.82) is 0 Å². The summed E-state index contributed by atoms with van der Waals surface area (Å²) >= 11 is 5.75.